The number of aliphatic hydroxyl groups excluding tert-OH is 1. The number of carbonyl (C=O) groups excluding carboxylic acids is 2. The van der Waals surface area contributed by atoms with Crippen LogP contribution in [0.3, 0.4) is 0 Å². The lowest BCUT2D eigenvalue weighted by Gasteiger charge is -2.24. The van der Waals surface area contributed by atoms with E-state index in [9.17, 15) is 31.2 Å². The lowest BCUT2D eigenvalue weighted by molar-refractivity contribution is -0.129. The first-order chi connectivity index (χ1) is 15.6. The van der Waals surface area contributed by atoms with E-state index in [0.717, 1.165) is 15.4 Å². The second-order valence-electron chi connectivity index (χ2n) is 7.56. The molecule has 2 aliphatic rings. The van der Waals surface area contributed by atoms with Gasteiger partial charge in [0.15, 0.2) is 5.78 Å². The van der Waals surface area contributed by atoms with Crippen molar-refractivity contribution in [2.75, 3.05) is 54.9 Å². The van der Waals surface area contributed by atoms with Crippen LogP contribution in [0.15, 0.2) is 18.2 Å². The Morgan fingerprint density at radius 3 is 2.70 bits per heavy atom. The van der Waals surface area contributed by atoms with Gasteiger partial charge in [0.2, 0.25) is 10.0 Å². The van der Waals surface area contributed by atoms with Crippen LogP contribution in [-0.2, 0) is 19.6 Å². The average molecular weight is 494 g/mol. The van der Waals surface area contributed by atoms with E-state index in [1.165, 1.54) is 12.1 Å². The van der Waals surface area contributed by atoms with E-state index in [-0.39, 0.29) is 44.0 Å². The first kappa shape index (κ1) is 25.2. The minimum atomic E-state index is -3.69. The summed E-state index contributed by atoms with van der Waals surface area (Å²) in [6, 6.07) is 4.11. The summed E-state index contributed by atoms with van der Waals surface area (Å²) in [6.07, 6.45) is -5.07. The van der Waals surface area contributed by atoms with Crippen molar-refractivity contribution >= 4 is 33.3 Å². The molecule has 2 heterocycles. The molecule has 1 amide bonds. The predicted molar refractivity (Wildman–Crippen MR) is 112 cm³/mol. The number of Topliss-reactive ketones (excluding diaryl/α,β-unsaturated/α-hetero) is 1. The Hall–Kier alpha value is -2.42. The number of alkyl halides is 2. The number of amides is 1. The van der Waals surface area contributed by atoms with Gasteiger partial charge in [0, 0.05) is 32.6 Å². The Kier molecular flexibility index (Phi) is 8.15. The molecule has 1 atom stereocenters. The number of hydrazine groups is 1. The summed E-state index contributed by atoms with van der Waals surface area (Å²) in [5, 5.41) is 8.92. The largest absolute Gasteiger partial charge is 0.444 e. The highest BCUT2D eigenvalue weighted by Crippen LogP contribution is 2.29. The fraction of sp³-hybridized carbons (Fsp3) is 0.579. The van der Waals surface area contributed by atoms with Crippen LogP contribution in [0.2, 0.25) is 0 Å². The molecule has 10 nitrogen and oxygen atoms in total. The zero-order valence-electron chi connectivity index (χ0n) is 17.6. The van der Waals surface area contributed by atoms with Gasteiger partial charge in [-0.15, -0.1) is 4.41 Å². The molecule has 14 heteroatoms. The number of benzene rings is 1. The van der Waals surface area contributed by atoms with Crippen molar-refractivity contribution in [1.29, 1.82) is 0 Å². The molecule has 0 spiro atoms. The highest BCUT2D eigenvalue weighted by molar-refractivity contribution is 7.89. The lowest BCUT2D eigenvalue weighted by Crippen LogP contribution is -2.45. The minimum absolute atomic E-state index is 0.000547. The van der Waals surface area contributed by atoms with Crippen molar-refractivity contribution in [2.24, 2.45) is 0 Å². The second-order valence-corrected chi connectivity index (χ2v) is 9.58. The van der Waals surface area contributed by atoms with Gasteiger partial charge in [-0.3, -0.25) is 9.69 Å². The highest BCUT2D eigenvalue weighted by atomic mass is 32.2. The summed E-state index contributed by atoms with van der Waals surface area (Å²) >= 11 is 0. The first-order valence-electron chi connectivity index (χ1n) is 10.3. The van der Waals surface area contributed by atoms with Crippen molar-refractivity contribution in [2.45, 2.75) is 25.4 Å². The van der Waals surface area contributed by atoms with Gasteiger partial charge in [-0.2, -0.15) is 0 Å². The molecule has 2 saturated heterocycles. The van der Waals surface area contributed by atoms with E-state index in [2.05, 4.69) is 5.43 Å². The number of ketones is 1. The topological polar surface area (TPSA) is 119 Å². The van der Waals surface area contributed by atoms with E-state index in [1.54, 1.807) is 4.90 Å². The van der Waals surface area contributed by atoms with Gasteiger partial charge in [0.25, 0.3) is 6.43 Å². The van der Waals surface area contributed by atoms with Gasteiger partial charge in [-0.05, 0) is 24.6 Å². The predicted octanol–water partition coefficient (Wildman–Crippen LogP) is 0.714. The molecule has 33 heavy (non-hydrogen) atoms. The molecule has 2 N–H and O–H groups in total. The zero-order chi connectivity index (χ0) is 24.2. The molecule has 0 radical (unpaired) electrons. The van der Waals surface area contributed by atoms with Crippen molar-refractivity contribution < 1.29 is 41.0 Å². The van der Waals surface area contributed by atoms with E-state index < -0.39 is 59.0 Å². The fourth-order valence-electron chi connectivity index (χ4n) is 3.63. The first-order valence-corrected chi connectivity index (χ1v) is 11.9. The number of rotatable bonds is 9. The van der Waals surface area contributed by atoms with Crippen LogP contribution in [-0.4, -0.2) is 87.4 Å². The quantitative estimate of drug-likeness (QED) is 0.515. The Morgan fingerprint density at radius 1 is 1.27 bits per heavy atom. The molecule has 0 bridgehead atoms. The Bertz CT molecular complexity index is 980. The van der Waals surface area contributed by atoms with Crippen LogP contribution in [0.1, 0.15) is 12.8 Å². The number of nitrogens with zero attached hydrogens (tertiary/aromatic N) is 3. The number of cyclic esters (lactones) is 1. The smallest absolute Gasteiger partial charge is 0.414 e. The van der Waals surface area contributed by atoms with E-state index >= 15 is 0 Å². The number of aliphatic hydroxyl groups is 1. The van der Waals surface area contributed by atoms with Crippen molar-refractivity contribution in [3.05, 3.63) is 24.0 Å². The molecule has 2 fully saturated rings. The average Bonchev–Trinajstić information content (AvgIpc) is 2.95. The molecule has 0 aliphatic carbocycles. The van der Waals surface area contributed by atoms with Crippen molar-refractivity contribution in [3.8, 4) is 0 Å². The third-order valence-electron chi connectivity index (χ3n) is 5.34. The van der Waals surface area contributed by atoms with Gasteiger partial charge in [-0.25, -0.2) is 31.8 Å². The third kappa shape index (κ3) is 6.13. The third-order valence-corrected chi connectivity index (χ3v) is 7.02. The minimum Gasteiger partial charge on any atom is -0.444 e. The molecule has 1 aromatic rings. The van der Waals surface area contributed by atoms with Gasteiger partial charge in [0.05, 0.1) is 30.3 Å². The van der Waals surface area contributed by atoms with Crippen LogP contribution in [0, 0.1) is 5.82 Å². The normalized spacial score (nSPS) is 20.3. The van der Waals surface area contributed by atoms with Crippen LogP contribution < -0.4 is 15.2 Å². The molecule has 2 aliphatic heterocycles. The summed E-state index contributed by atoms with van der Waals surface area (Å²) in [4.78, 5) is 26.0. The Labute approximate surface area is 188 Å². The number of anilines is 2. The second kappa shape index (κ2) is 10.7. The molecular weight excluding hydrogens is 469 g/mol. The van der Waals surface area contributed by atoms with Gasteiger partial charge in [-0.1, -0.05) is 0 Å². The highest BCUT2D eigenvalue weighted by Gasteiger charge is 2.34. The van der Waals surface area contributed by atoms with Gasteiger partial charge >= 0.3 is 6.09 Å². The zero-order valence-corrected chi connectivity index (χ0v) is 18.4. The summed E-state index contributed by atoms with van der Waals surface area (Å²) in [5.41, 5.74) is 3.18. The van der Waals surface area contributed by atoms with E-state index in [1.807, 2.05) is 0 Å². The maximum absolute atomic E-state index is 14.9. The summed E-state index contributed by atoms with van der Waals surface area (Å²) in [7, 11) is -3.69. The standard InChI is InChI=1S/C19H25F3N4O6S/c20-15-11-13(25-12-14(32-19(25)29)2-4-17(28)18(21)22)1-3-16(15)24-6-5-23-26(8-7-24)33(30,31)10-9-27/h1,3,11,14,18,23,27H,2,4-10,12H2/t14-/m0/s1. The van der Waals surface area contributed by atoms with Crippen LogP contribution >= 0.6 is 0 Å². The number of hydrogen-bond donors (Lipinski definition) is 2. The van der Waals surface area contributed by atoms with Crippen LogP contribution in [0.4, 0.5) is 29.3 Å². The number of halogens is 3. The van der Waals surface area contributed by atoms with E-state index in [4.69, 9.17) is 9.84 Å². The van der Waals surface area contributed by atoms with Crippen molar-refractivity contribution in [1.82, 2.24) is 9.84 Å². The molecule has 0 unspecified atom stereocenters. The SMILES string of the molecule is O=C(CC[C@H]1CN(c2ccc(N3CCNN(S(=O)(=O)CCO)CC3)c(F)c2)C(=O)O1)C(F)F. The molecule has 3 rings (SSSR count). The maximum atomic E-state index is 14.9. The van der Waals surface area contributed by atoms with Crippen LogP contribution in [0.25, 0.3) is 0 Å². The maximum Gasteiger partial charge on any atom is 0.414 e. The molecule has 0 aromatic heterocycles. The Balaban J connectivity index is 1.64. The lowest BCUT2D eigenvalue weighted by atomic mass is 10.1. The monoisotopic (exact) mass is 494 g/mol. The fourth-order valence-corrected chi connectivity index (χ4v) is 4.73. The number of sulfonamides is 1. The number of carbonyl (C=O) groups is 2. The molecule has 1 aromatic carbocycles. The molecular formula is C19H25F3N4O6S. The van der Waals surface area contributed by atoms with Crippen LogP contribution in [0.5, 0.6) is 0 Å². The van der Waals surface area contributed by atoms with Gasteiger partial charge < -0.3 is 14.7 Å². The number of hydrogen-bond acceptors (Lipinski definition) is 8. The van der Waals surface area contributed by atoms with E-state index in [0.29, 0.717) is 6.54 Å². The Morgan fingerprint density at radius 2 is 2.03 bits per heavy atom. The van der Waals surface area contributed by atoms with Gasteiger partial charge in [0.1, 0.15) is 11.9 Å². The summed E-state index contributed by atoms with van der Waals surface area (Å²) < 4.78 is 69.9. The number of ether oxygens (including phenoxy) is 1. The number of nitrogens with one attached hydrogen (secondary N) is 1. The molecule has 184 valence electrons. The summed E-state index contributed by atoms with van der Waals surface area (Å²) in [6.45, 7) is 0.264. The van der Waals surface area contributed by atoms with Crippen molar-refractivity contribution in [3.63, 3.8) is 0 Å². The summed E-state index contributed by atoms with van der Waals surface area (Å²) in [5.74, 6) is -2.29. The molecule has 0 saturated carbocycles.